The molecule has 0 saturated heterocycles. The monoisotopic (exact) mass is 426 g/mol. The molecule has 1 aliphatic carbocycles. The summed E-state index contributed by atoms with van der Waals surface area (Å²) in [6, 6.07) is 17.2. The van der Waals surface area contributed by atoms with Gasteiger partial charge in [-0.2, -0.15) is 10.4 Å². The Balaban J connectivity index is 1.56. The van der Waals surface area contributed by atoms with Gasteiger partial charge < -0.3 is 14.6 Å². The van der Waals surface area contributed by atoms with E-state index in [1.807, 2.05) is 18.2 Å². The molecule has 0 bridgehead atoms. The van der Waals surface area contributed by atoms with Crippen molar-refractivity contribution in [3.05, 3.63) is 60.2 Å². The smallest absolute Gasteiger partial charge is 0.162 e. The number of benzene rings is 2. The lowest BCUT2D eigenvalue weighted by molar-refractivity contribution is 0.296. The molecule has 1 fully saturated rings. The van der Waals surface area contributed by atoms with Crippen LogP contribution in [0.4, 0.5) is 5.69 Å². The first-order valence-electron chi connectivity index (χ1n) is 11.0. The highest BCUT2D eigenvalue weighted by Gasteiger charge is 2.26. The minimum atomic E-state index is 0.317. The molecule has 2 aromatic carbocycles. The van der Waals surface area contributed by atoms with Crippen molar-refractivity contribution in [3.8, 4) is 23.1 Å². The molecule has 162 valence electrons. The number of hydrogen-bond donors (Lipinski definition) is 2. The van der Waals surface area contributed by atoms with Crippen LogP contribution in [0.25, 0.3) is 22.2 Å². The van der Waals surface area contributed by atoms with Gasteiger partial charge >= 0.3 is 0 Å². The molecule has 0 spiro atoms. The Morgan fingerprint density at radius 2 is 2.03 bits per heavy atom. The van der Waals surface area contributed by atoms with Gasteiger partial charge in [-0.1, -0.05) is 12.1 Å². The molecule has 4 aromatic rings. The van der Waals surface area contributed by atoms with Gasteiger partial charge in [-0.05, 0) is 62.4 Å². The summed E-state index contributed by atoms with van der Waals surface area (Å²) in [6.07, 6.45) is 3.94. The van der Waals surface area contributed by atoms with E-state index < -0.39 is 0 Å². The van der Waals surface area contributed by atoms with Crippen LogP contribution in [0, 0.1) is 17.2 Å². The highest BCUT2D eigenvalue weighted by atomic mass is 16.5. The first-order chi connectivity index (χ1) is 15.6. The van der Waals surface area contributed by atoms with Gasteiger partial charge in [0.25, 0.3) is 0 Å². The van der Waals surface area contributed by atoms with Crippen LogP contribution < -0.4 is 10.1 Å². The molecule has 2 heterocycles. The van der Waals surface area contributed by atoms with E-state index in [9.17, 15) is 5.26 Å². The second-order valence-corrected chi connectivity index (χ2v) is 8.67. The van der Waals surface area contributed by atoms with Gasteiger partial charge in [0.1, 0.15) is 24.8 Å². The van der Waals surface area contributed by atoms with Crippen LogP contribution >= 0.6 is 0 Å². The SMILES string of the molecule is CC(C)Nc1ccc(-c2c(C#N)c3ccc(OCc4ncn[nH]4)cc3n2CC2CC2)cc1. The number of ether oxygens (including phenoxy) is 1. The number of fused-ring (bicyclic) bond motifs is 1. The molecule has 2 aromatic heterocycles. The number of hydrogen-bond acceptors (Lipinski definition) is 5. The summed E-state index contributed by atoms with van der Waals surface area (Å²) in [4.78, 5) is 4.11. The standard InChI is InChI=1S/C25H26N6O/c1-16(2)29-19-7-5-18(6-8-19)25-22(12-26)21-10-9-20(32-14-24-27-15-28-30-24)11-23(21)31(25)13-17-3-4-17/h5-11,15-17,29H,3-4,13-14H2,1-2H3,(H,27,28,30). The van der Waals surface area contributed by atoms with Crippen molar-refractivity contribution in [2.45, 2.75) is 45.9 Å². The number of nitrogens with one attached hydrogen (secondary N) is 2. The number of anilines is 1. The number of nitrogens with zero attached hydrogens (tertiary/aromatic N) is 4. The van der Waals surface area contributed by atoms with E-state index in [-0.39, 0.29) is 0 Å². The number of rotatable bonds is 8. The van der Waals surface area contributed by atoms with E-state index in [2.05, 4.69) is 69.2 Å². The van der Waals surface area contributed by atoms with Gasteiger partial charge in [-0.25, -0.2) is 4.98 Å². The molecule has 2 N–H and O–H groups in total. The minimum Gasteiger partial charge on any atom is -0.486 e. The van der Waals surface area contributed by atoms with Crippen LogP contribution in [0.15, 0.2) is 48.8 Å². The average molecular weight is 427 g/mol. The topological polar surface area (TPSA) is 91.6 Å². The van der Waals surface area contributed by atoms with Gasteiger partial charge in [-0.15, -0.1) is 0 Å². The van der Waals surface area contributed by atoms with E-state index in [0.29, 0.717) is 30.0 Å². The first-order valence-corrected chi connectivity index (χ1v) is 11.0. The molecule has 0 unspecified atom stereocenters. The molecule has 0 aliphatic heterocycles. The number of aromatic amines is 1. The third-order valence-electron chi connectivity index (χ3n) is 5.74. The van der Waals surface area contributed by atoms with Crippen LogP contribution in [0.1, 0.15) is 38.1 Å². The van der Waals surface area contributed by atoms with Crippen molar-refractivity contribution in [3.63, 3.8) is 0 Å². The fraction of sp³-hybridized carbons (Fsp3) is 0.320. The number of aromatic nitrogens is 4. The predicted molar refractivity (Wildman–Crippen MR) is 124 cm³/mol. The average Bonchev–Trinajstić information content (AvgIpc) is 3.35. The first kappa shape index (κ1) is 20.1. The Morgan fingerprint density at radius 1 is 1.22 bits per heavy atom. The molecule has 1 aliphatic rings. The van der Waals surface area contributed by atoms with Crippen molar-refractivity contribution in [1.29, 1.82) is 5.26 Å². The van der Waals surface area contributed by atoms with E-state index in [4.69, 9.17) is 4.74 Å². The second kappa shape index (κ2) is 8.39. The van der Waals surface area contributed by atoms with Crippen LogP contribution in [0.5, 0.6) is 5.75 Å². The zero-order valence-corrected chi connectivity index (χ0v) is 18.3. The molecule has 0 radical (unpaired) electrons. The fourth-order valence-electron chi connectivity index (χ4n) is 4.09. The maximum atomic E-state index is 10.1. The lowest BCUT2D eigenvalue weighted by Gasteiger charge is -2.13. The molecule has 7 nitrogen and oxygen atoms in total. The summed E-state index contributed by atoms with van der Waals surface area (Å²) >= 11 is 0. The lowest BCUT2D eigenvalue weighted by atomic mass is 10.1. The summed E-state index contributed by atoms with van der Waals surface area (Å²) in [5, 5.41) is 21.1. The van der Waals surface area contributed by atoms with E-state index in [1.54, 1.807) is 0 Å². The largest absolute Gasteiger partial charge is 0.486 e. The number of nitriles is 1. The predicted octanol–water partition coefficient (Wildman–Crippen LogP) is 5.11. The van der Waals surface area contributed by atoms with Crippen molar-refractivity contribution < 1.29 is 4.74 Å². The maximum Gasteiger partial charge on any atom is 0.162 e. The summed E-state index contributed by atoms with van der Waals surface area (Å²) in [7, 11) is 0. The summed E-state index contributed by atoms with van der Waals surface area (Å²) in [5.74, 6) is 2.08. The third-order valence-corrected chi connectivity index (χ3v) is 5.74. The van der Waals surface area contributed by atoms with Gasteiger partial charge in [0.05, 0.1) is 16.8 Å². The Bertz CT molecular complexity index is 1260. The fourth-order valence-corrected chi connectivity index (χ4v) is 4.09. The highest BCUT2D eigenvalue weighted by molar-refractivity contribution is 5.95. The zero-order chi connectivity index (χ0) is 22.1. The Hall–Kier alpha value is -3.79. The Morgan fingerprint density at radius 3 is 2.69 bits per heavy atom. The van der Waals surface area contributed by atoms with E-state index in [1.165, 1.54) is 19.2 Å². The maximum absolute atomic E-state index is 10.1. The summed E-state index contributed by atoms with van der Waals surface area (Å²) in [6.45, 7) is 5.47. The zero-order valence-electron chi connectivity index (χ0n) is 18.3. The molecule has 32 heavy (non-hydrogen) atoms. The van der Waals surface area contributed by atoms with Crippen molar-refractivity contribution >= 4 is 16.6 Å². The Kier molecular flexibility index (Phi) is 5.28. The van der Waals surface area contributed by atoms with E-state index in [0.717, 1.165) is 40.1 Å². The lowest BCUT2D eigenvalue weighted by Crippen LogP contribution is -2.09. The molecular formula is C25H26N6O. The van der Waals surface area contributed by atoms with Crippen LogP contribution in [0.2, 0.25) is 0 Å². The quantitative estimate of drug-likeness (QED) is 0.409. The molecular weight excluding hydrogens is 400 g/mol. The van der Waals surface area contributed by atoms with Crippen LogP contribution in [-0.4, -0.2) is 25.8 Å². The third kappa shape index (κ3) is 4.04. The molecule has 1 saturated carbocycles. The molecule has 0 amide bonds. The van der Waals surface area contributed by atoms with E-state index >= 15 is 0 Å². The van der Waals surface area contributed by atoms with Crippen LogP contribution in [0.3, 0.4) is 0 Å². The minimum absolute atomic E-state index is 0.317. The van der Waals surface area contributed by atoms with Crippen molar-refractivity contribution in [2.75, 3.05) is 5.32 Å². The van der Waals surface area contributed by atoms with Gasteiger partial charge in [-0.3, -0.25) is 5.10 Å². The highest BCUT2D eigenvalue weighted by Crippen LogP contribution is 2.39. The second-order valence-electron chi connectivity index (χ2n) is 8.67. The van der Waals surface area contributed by atoms with Gasteiger partial charge in [0, 0.05) is 29.7 Å². The van der Waals surface area contributed by atoms with Gasteiger partial charge in [0.15, 0.2) is 5.82 Å². The molecule has 0 atom stereocenters. The Labute approximate surface area is 187 Å². The van der Waals surface area contributed by atoms with Gasteiger partial charge in [0.2, 0.25) is 0 Å². The molecule has 7 heteroatoms. The summed E-state index contributed by atoms with van der Waals surface area (Å²) < 4.78 is 8.24. The van der Waals surface area contributed by atoms with Crippen LogP contribution in [-0.2, 0) is 13.2 Å². The normalized spacial score (nSPS) is 13.4. The van der Waals surface area contributed by atoms with Crippen molar-refractivity contribution in [1.82, 2.24) is 19.7 Å². The molecule has 5 rings (SSSR count). The number of H-pyrrole nitrogens is 1. The summed E-state index contributed by atoms with van der Waals surface area (Å²) in [5.41, 5.74) is 4.86. The van der Waals surface area contributed by atoms with Crippen molar-refractivity contribution in [2.24, 2.45) is 5.92 Å².